The van der Waals surface area contributed by atoms with Gasteiger partial charge in [0.25, 0.3) is 0 Å². The van der Waals surface area contributed by atoms with Gasteiger partial charge in [-0.3, -0.25) is 0 Å². The fourth-order valence-electron chi connectivity index (χ4n) is 13.9. The lowest BCUT2D eigenvalue weighted by Gasteiger charge is -2.48. The van der Waals surface area contributed by atoms with E-state index >= 15 is 0 Å². The highest BCUT2D eigenvalue weighted by Crippen LogP contribution is 2.74. The predicted octanol–water partition coefficient (Wildman–Crippen LogP) is 13.0. The monoisotopic (exact) mass is 689 g/mol. The fourth-order valence-corrected chi connectivity index (χ4v) is 13.9. The first kappa shape index (κ1) is 31.0. The lowest BCUT2D eigenvalue weighted by atomic mass is 9.64. The van der Waals surface area contributed by atoms with Crippen LogP contribution >= 0.6 is 0 Å². The number of hydrogen-bond acceptors (Lipinski definition) is 1. The Morgan fingerprint density at radius 2 is 1.32 bits per heavy atom. The average molecular weight is 690 g/mol. The van der Waals surface area contributed by atoms with Gasteiger partial charge in [-0.05, 0) is 142 Å². The summed E-state index contributed by atoms with van der Waals surface area (Å²) in [6.07, 6.45) is 24.1. The Hall–Kier alpha value is -4.36. The van der Waals surface area contributed by atoms with Crippen LogP contribution in [0.25, 0.3) is 21.9 Å². The standard InChI is InChI=1S/C52H51N/c1-2-16-40(37-25-24-33-12-4-6-14-35(33)30-37)49(23-3-1)53(38-27-26-34-13-5-7-15-36(34)31-38)39-28-29-42-44-19-11-21-46-45-20-10-18-43-41-17-8-9-22-47(41)52(50(43)45,51(44)46)48(42)32-39/h4-9,11-15,17,19,21-22,24-25,28-30,32,34,36,38,40,43,45,49-50H,1-3,10,16,18,20,23,26-27,31H2. The third-order valence-electron chi connectivity index (χ3n) is 15.8. The van der Waals surface area contributed by atoms with Crippen LogP contribution in [0.5, 0.6) is 0 Å². The summed E-state index contributed by atoms with van der Waals surface area (Å²) in [5, 5.41) is 2.75. The second-order valence-electron chi connectivity index (χ2n) is 18.0. The Balaban J connectivity index is 1.05. The number of benzene rings is 5. The van der Waals surface area contributed by atoms with Crippen LogP contribution in [0.2, 0.25) is 0 Å². The molecule has 9 unspecified atom stereocenters. The smallest absolute Gasteiger partial charge is 0.0509 e. The van der Waals surface area contributed by atoms with Gasteiger partial charge in [-0.25, -0.2) is 0 Å². The number of anilines is 1. The third kappa shape index (κ3) is 4.32. The number of fused-ring (bicyclic) bond motifs is 7. The van der Waals surface area contributed by atoms with Crippen molar-refractivity contribution in [1.29, 1.82) is 0 Å². The predicted molar refractivity (Wildman–Crippen MR) is 220 cm³/mol. The maximum atomic E-state index is 3.07. The quantitative estimate of drug-likeness (QED) is 0.170. The van der Waals surface area contributed by atoms with E-state index in [1.807, 2.05) is 0 Å². The van der Waals surface area contributed by atoms with Crippen molar-refractivity contribution in [2.45, 2.75) is 106 Å². The van der Waals surface area contributed by atoms with Gasteiger partial charge in [0.05, 0.1) is 5.41 Å². The number of hydrogen-bond donors (Lipinski definition) is 0. The van der Waals surface area contributed by atoms with Gasteiger partial charge in [0.1, 0.15) is 0 Å². The van der Waals surface area contributed by atoms with Gasteiger partial charge in [-0.15, -0.1) is 0 Å². The first-order chi connectivity index (χ1) is 26.3. The van der Waals surface area contributed by atoms with Gasteiger partial charge in [0, 0.05) is 23.7 Å². The summed E-state index contributed by atoms with van der Waals surface area (Å²) in [5.41, 5.74) is 14.4. The van der Waals surface area contributed by atoms with Crippen LogP contribution in [0.15, 0.2) is 127 Å². The summed E-state index contributed by atoms with van der Waals surface area (Å²) in [6, 6.07) is 42.6. The summed E-state index contributed by atoms with van der Waals surface area (Å²) in [6.45, 7) is 0. The van der Waals surface area contributed by atoms with Crippen molar-refractivity contribution in [3.05, 3.63) is 161 Å². The Morgan fingerprint density at radius 3 is 2.26 bits per heavy atom. The van der Waals surface area contributed by atoms with E-state index in [0.29, 0.717) is 47.6 Å². The number of nitrogens with zero attached hydrogens (tertiary/aromatic N) is 1. The largest absolute Gasteiger partial charge is 0.365 e. The Labute approximate surface area is 315 Å². The Kier molecular flexibility index (Phi) is 6.92. The van der Waals surface area contributed by atoms with Gasteiger partial charge in [-0.2, -0.15) is 0 Å². The molecule has 0 aromatic heterocycles. The summed E-state index contributed by atoms with van der Waals surface area (Å²) in [4.78, 5) is 3.07. The maximum Gasteiger partial charge on any atom is 0.0509 e. The molecule has 12 rings (SSSR count). The second kappa shape index (κ2) is 11.8. The lowest BCUT2D eigenvalue weighted by molar-refractivity contribution is 0.252. The van der Waals surface area contributed by atoms with Gasteiger partial charge >= 0.3 is 0 Å². The highest BCUT2D eigenvalue weighted by molar-refractivity contribution is 5.90. The van der Waals surface area contributed by atoms with E-state index in [2.05, 4.69) is 132 Å². The van der Waals surface area contributed by atoms with Crippen molar-refractivity contribution in [3.8, 4) is 11.1 Å². The molecule has 3 saturated carbocycles. The molecule has 0 saturated heterocycles. The van der Waals surface area contributed by atoms with Crippen molar-refractivity contribution < 1.29 is 0 Å². The van der Waals surface area contributed by atoms with Crippen LogP contribution in [0.3, 0.4) is 0 Å². The first-order valence-corrected chi connectivity index (χ1v) is 21.3. The summed E-state index contributed by atoms with van der Waals surface area (Å²) < 4.78 is 0. The summed E-state index contributed by atoms with van der Waals surface area (Å²) in [7, 11) is 0. The molecule has 3 fully saturated rings. The molecule has 0 heterocycles. The molecule has 1 nitrogen and oxygen atoms in total. The molecule has 53 heavy (non-hydrogen) atoms. The molecule has 0 aliphatic heterocycles. The SMILES string of the molecule is C1=CC2CCC(N(c3ccc4c(c3)C35c6ccccc6C6CCCC(c7cccc-4c73)C65)C3CCCCCC3c3ccc4ccccc4c3)CC2C=C1. The highest BCUT2D eigenvalue weighted by atomic mass is 15.2. The van der Waals surface area contributed by atoms with Gasteiger partial charge < -0.3 is 4.90 Å². The molecule has 0 N–H and O–H groups in total. The molecule has 5 aromatic carbocycles. The van der Waals surface area contributed by atoms with Crippen LogP contribution in [0.1, 0.15) is 122 Å². The van der Waals surface area contributed by atoms with Crippen molar-refractivity contribution in [3.63, 3.8) is 0 Å². The highest BCUT2D eigenvalue weighted by Gasteiger charge is 2.65. The van der Waals surface area contributed by atoms with Gasteiger partial charge in [0.2, 0.25) is 0 Å². The van der Waals surface area contributed by atoms with E-state index in [4.69, 9.17) is 0 Å². The van der Waals surface area contributed by atoms with Crippen LogP contribution in [-0.4, -0.2) is 12.1 Å². The van der Waals surface area contributed by atoms with Crippen molar-refractivity contribution in [2.75, 3.05) is 4.90 Å². The van der Waals surface area contributed by atoms with Crippen LogP contribution in [0.4, 0.5) is 5.69 Å². The van der Waals surface area contributed by atoms with E-state index in [0.717, 1.165) is 0 Å². The van der Waals surface area contributed by atoms with Crippen molar-refractivity contribution in [2.24, 2.45) is 17.8 Å². The van der Waals surface area contributed by atoms with E-state index in [9.17, 15) is 0 Å². The molecule has 7 aliphatic rings. The normalized spacial score (nSPS) is 32.8. The zero-order chi connectivity index (χ0) is 34.7. The first-order valence-electron chi connectivity index (χ1n) is 21.3. The maximum absolute atomic E-state index is 3.07. The molecule has 264 valence electrons. The minimum absolute atomic E-state index is 0.00888. The third-order valence-corrected chi connectivity index (χ3v) is 15.8. The molecule has 1 heteroatoms. The second-order valence-corrected chi connectivity index (χ2v) is 18.0. The summed E-state index contributed by atoms with van der Waals surface area (Å²) in [5.74, 6) is 3.85. The zero-order valence-corrected chi connectivity index (χ0v) is 31.0. The molecular formula is C52H51N. The molecule has 7 aliphatic carbocycles. The summed E-state index contributed by atoms with van der Waals surface area (Å²) >= 11 is 0. The van der Waals surface area contributed by atoms with Crippen molar-refractivity contribution >= 4 is 16.5 Å². The van der Waals surface area contributed by atoms with Crippen LogP contribution < -0.4 is 4.90 Å². The van der Waals surface area contributed by atoms with Crippen LogP contribution in [-0.2, 0) is 5.41 Å². The molecular weight excluding hydrogens is 639 g/mol. The van der Waals surface area contributed by atoms with Gasteiger partial charge in [-0.1, -0.05) is 141 Å². The Bertz CT molecular complexity index is 2330. The number of allylic oxidation sites excluding steroid dienone is 4. The lowest BCUT2D eigenvalue weighted by Crippen LogP contribution is -2.49. The molecule has 9 atom stereocenters. The van der Waals surface area contributed by atoms with Crippen molar-refractivity contribution in [1.82, 2.24) is 0 Å². The van der Waals surface area contributed by atoms with Crippen LogP contribution in [0, 0.1) is 17.8 Å². The zero-order valence-electron chi connectivity index (χ0n) is 31.0. The fraction of sp³-hybridized carbons (Fsp3) is 0.385. The molecule has 5 aromatic rings. The molecule has 0 radical (unpaired) electrons. The van der Waals surface area contributed by atoms with E-state index < -0.39 is 0 Å². The van der Waals surface area contributed by atoms with E-state index in [1.54, 1.807) is 33.4 Å². The van der Waals surface area contributed by atoms with E-state index in [1.165, 1.54) is 98.2 Å². The number of rotatable bonds is 4. The molecule has 0 amide bonds. The minimum atomic E-state index is -0.00888. The minimum Gasteiger partial charge on any atom is -0.365 e. The molecule has 1 spiro atoms. The van der Waals surface area contributed by atoms with E-state index in [-0.39, 0.29) is 5.41 Å². The van der Waals surface area contributed by atoms with Gasteiger partial charge in [0.15, 0.2) is 0 Å². The molecule has 0 bridgehead atoms. The Morgan fingerprint density at radius 1 is 0.528 bits per heavy atom. The topological polar surface area (TPSA) is 3.24 Å². The average Bonchev–Trinajstić information content (AvgIpc) is 3.71.